The number of fused-ring (bicyclic) bond motifs is 1. The molecule has 1 amide bonds. The van der Waals surface area contributed by atoms with Crippen LogP contribution in [0.2, 0.25) is 0 Å². The van der Waals surface area contributed by atoms with Gasteiger partial charge in [0.15, 0.2) is 23.2 Å². The maximum absolute atomic E-state index is 14.0. The van der Waals surface area contributed by atoms with Gasteiger partial charge in [0.25, 0.3) is 5.91 Å². The number of hydrogen-bond donors (Lipinski definition) is 2. The first-order chi connectivity index (χ1) is 13.2. The molecule has 8 heteroatoms. The lowest BCUT2D eigenvalue weighted by Gasteiger charge is -2.12. The summed E-state index contributed by atoms with van der Waals surface area (Å²) in [5.41, 5.74) is 0.700. The Labute approximate surface area is 158 Å². The van der Waals surface area contributed by atoms with E-state index in [0.29, 0.717) is 16.6 Å². The van der Waals surface area contributed by atoms with E-state index in [-0.39, 0.29) is 17.0 Å². The lowest BCUT2D eigenvalue weighted by Crippen LogP contribution is -2.24. The minimum atomic E-state index is -1.19. The lowest BCUT2D eigenvalue weighted by molar-refractivity contribution is -0.121. The third-order valence-corrected chi connectivity index (χ3v) is 4.76. The number of aromatic hydroxyl groups is 1. The molecule has 0 saturated carbocycles. The SMILES string of the molecule is CNC(=O)[C@H](C)c1c(C)n(C(=O)c2ccc(F)c(F)c2)c2cc(F)c(O)cc12. The number of amides is 1. The van der Waals surface area contributed by atoms with Crippen molar-refractivity contribution in [3.63, 3.8) is 0 Å². The molecule has 0 spiro atoms. The minimum Gasteiger partial charge on any atom is -0.505 e. The summed E-state index contributed by atoms with van der Waals surface area (Å²) in [7, 11) is 1.46. The molecule has 0 aliphatic rings. The fraction of sp³-hybridized carbons (Fsp3) is 0.200. The molecule has 5 nitrogen and oxygen atoms in total. The summed E-state index contributed by atoms with van der Waals surface area (Å²) in [6.07, 6.45) is 0. The topological polar surface area (TPSA) is 71.3 Å². The van der Waals surface area contributed by atoms with E-state index in [0.717, 1.165) is 34.9 Å². The highest BCUT2D eigenvalue weighted by atomic mass is 19.2. The van der Waals surface area contributed by atoms with Crippen LogP contribution in [0, 0.1) is 24.4 Å². The van der Waals surface area contributed by atoms with E-state index in [4.69, 9.17) is 0 Å². The Balaban J connectivity index is 2.31. The smallest absolute Gasteiger partial charge is 0.262 e. The van der Waals surface area contributed by atoms with E-state index in [1.165, 1.54) is 7.05 Å². The van der Waals surface area contributed by atoms with Crippen molar-refractivity contribution in [3.8, 4) is 5.75 Å². The summed E-state index contributed by atoms with van der Waals surface area (Å²) in [6, 6.07) is 4.80. The molecule has 0 aliphatic heterocycles. The second-order valence-corrected chi connectivity index (χ2v) is 6.43. The Morgan fingerprint density at radius 2 is 1.75 bits per heavy atom. The Kier molecular flexibility index (Phi) is 4.89. The van der Waals surface area contributed by atoms with Crippen molar-refractivity contribution in [2.75, 3.05) is 7.05 Å². The van der Waals surface area contributed by atoms with Gasteiger partial charge in [0, 0.05) is 29.8 Å². The van der Waals surface area contributed by atoms with E-state index >= 15 is 0 Å². The van der Waals surface area contributed by atoms with Crippen LogP contribution in [0.1, 0.15) is 34.5 Å². The zero-order chi connectivity index (χ0) is 20.7. The molecule has 3 rings (SSSR count). The van der Waals surface area contributed by atoms with Gasteiger partial charge < -0.3 is 10.4 Å². The number of halogens is 3. The number of nitrogens with zero attached hydrogens (tertiary/aromatic N) is 1. The van der Waals surface area contributed by atoms with Crippen molar-refractivity contribution < 1.29 is 27.9 Å². The molecular weight excluding hydrogens is 373 g/mol. The van der Waals surface area contributed by atoms with Crippen LogP contribution in [0.5, 0.6) is 5.75 Å². The minimum absolute atomic E-state index is 0.105. The average molecular weight is 390 g/mol. The first kappa shape index (κ1) is 19.5. The van der Waals surface area contributed by atoms with Gasteiger partial charge in [-0.05, 0) is 43.7 Å². The first-order valence-electron chi connectivity index (χ1n) is 8.42. The van der Waals surface area contributed by atoms with Crippen molar-refractivity contribution in [1.29, 1.82) is 0 Å². The highest BCUT2D eigenvalue weighted by Crippen LogP contribution is 2.36. The molecule has 0 saturated heterocycles. The number of phenolic OH excluding ortho intramolecular Hbond substituents is 1. The number of aromatic nitrogens is 1. The summed E-state index contributed by atoms with van der Waals surface area (Å²) < 4.78 is 41.9. The maximum Gasteiger partial charge on any atom is 0.262 e. The van der Waals surface area contributed by atoms with Gasteiger partial charge >= 0.3 is 0 Å². The third kappa shape index (κ3) is 3.00. The van der Waals surface area contributed by atoms with Gasteiger partial charge in [0.2, 0.25) is 5.91 Å². The van der Waals surface area contributed by atoms with Crippen LogP contribution in [0.25, 0.3) is 10.9 Å². The van der Waals surface area contributed by atoms with Crippen LogP contribution in [0.3, 0.4) is 0 Å². The Morgan fingerprint density at radius 3 is 2.36 bits per heavy atom. The van der Waals surface area contributed by atoms with E-state index in [9.17, 15) is 27.9 Å². The predicted molar refractivity (Wildman–Crippen MR) is 96.9 cm³/mol. The standard InChI is InChI=1S/C20H17F3N2O3/c1-9(19(27)24-3)18-10(2)25(16-8-15(23)17(26)7-12(16)18)20(28)11-4-5-13(21)14(22)6-11/h4-9,26H,1-3H3,(H,24,27)/t9-/m1/s1. The van der Waals surface area contributed by atoms with Gasteiger partial charge in [-0.25, -0.2) is 13.2 Å². The highest BCUT2D eigenvalue weighted by molar-refractivity contribution is 6.05. The first-order valence-corrected chi connectivity index (χ1v) is 8.42. The molecule has 3 aromatic rings. The number of phenols is 1. The zero-order valence-corrected chi connectivity index (χ0v) is 15.3. The Bertz CT molecular complexity index is 1120. The number of carbonyl (C=O) groups excluding carboxylic acids is 2. The second kappa shape index (κ2) is 7.03. The second-order valence-electron chi connectivity index (χ2n) is 6.43. The van der Waals surface area contributed by atoms with Crippen LogP contribution in [0.4, 0.5) is 13.2 Å². The molecular formula is C20H17F3N2O3. The molecule has 146 valence electrons. The van der Waals surface area contributed by atoms with E-state index in [1.807, 2.05) is 0 Å². The van der Waals surface area contributed by atoms with Crippen molar-refractivity contribution in [2.24, 2.45) is 0 Å². The average Bonchev–Trinajstić information content (AvgIpc) is 2.93. The molecule has 1 atom stereocenters. The van der Waals surface area contributed by atoms with Gasteiger partial charge in [-0.15, -0.1) is 0 Å². The molecule has 28 heavy (non-hydrogen) atoms. The number of nitrogens with one attached hydrogen (secondary N) is 1. The molecule has 1 heterocycles. The summed E-state index contributed by atoms with van der Waals surface area (Å²) in [4.78, 5) is 25.2. The lowest BCUT2D eigenvalue weighted by atomic mass is 9.97. The van der Waals surface area contributed by atoms with Crippen molar-refractivity contribution >= 4 is 22.7 Å². The summed E-state index contributed by atoms with van der Waals surface area (Å²) in [6.45, 7) is 3.16. The molecule has 1 aromatic heterocycles. The maximum atomic E-state index is 14.0. The zero-order valence-electron chi connectivity index (χ0n) is 15.3. The Morgan fingerprint density at radius 1 is 1.07 bits per heavy atom. The Hall–Kier alpha value is -3.29. The fourth-order valence-electron chi connectivity index (χ4n) is 3.36. The highest BCUT2D eigenvalue weighted by Gasteiger charge is 2.27. The monoisotopic (exact) mass is 390 g/mol. The van der Waals surface area contributed by atoms with Crippen LogP contribution in [0.15, 0.2) is 30.3 Å². The molecule has 0 bridgehead atoms. The predicted octanol–water partition coefficient (Wildman–Crippen LogP) is 3.61. The summed E-state index contributed by atoms with van der Waals surface area (Å²) in [5.74, 6) is -5.65. The van der Waals surface area contributed by atoms with Crippen molar-refractivity contribution in [3.05, 3.63) is 64.6 Å². The molecule has 0 unspecified atom stereocenters. The largest absolute Gasteiger partial charge is 0.505 e. The summed E-state index contributed by atoms with van der Waals surface area (Å²) >= 11 is 0. The van der Waals surface area contributed by atoms with Crippen LogP contribution in [-0.4, -0.2) is 28.5 Å². The van der Waals surface area contributed by atoms with E-state index in [1.54, 1.807) is 13.8 Å². The molecule has 2 N–H and O–H groups in total. The normalized spacial score (nSPS) is 12.2. The molecule has 0 fully saturated rings. The van der Waals surface area contributed by atoms with Crippen LogP contribution in [-0.2, 0) is 4.79 Å². The van der Waals surface area contributed by atoms with Gasteiger partial charge in [0.1, 0.15) is 0 Å². The quantitative estimate of drug-likeness (QED) is 0.718. The van der Waals surface area contributed by atoms with E-state index < -0.39 is 35.0 Å². The van der Waals surface area contributed by atoms with Crippen LogP contribution >= 0.6 is 0 Å². The van der Waals surface area contributed by atoms with Gasteiger partial charge in [-0.2, -0.15) is 0 Å². The molecule has 2 aromatic carbocycles. The van der Waals surface area contributed by atoms with Crippen LogP contribution < -0.4 is 5.32 Å². The number of rotatable bonds is 3. The van der Waals surface area contributed by atoms with Crippen molar-refractivity contribution in [1.82, 2.24) is 9.88 Å². The van der Waals surface area contributed by atoms with Crippen molar-refractivity contribution in [2.45, 2.75) is 19.8 Å². The third-order valence-electron chi connectivity index (χ3n) is 4.76. The molecule has 0 radical (unpaired) electrons. The fourth-order valence-corrected chi connectivity index (χ4v) is 3.36. The van der Waals surface area contributed by atoms with Gasteiger partial charge in [-0.3, -0.25) is 14.2 Å². The number of likely N-dealkylation sites (N-methyl/N-ethyl adjacent to an activating group) is 1. The summed E-state index contributed by atoms with van der Waals surface area (Å²) in [5, 5.41) is 12.6. The number of carbonyl (C=O) groups is 2. The number of hydrogen-bond acceptors (Lipinski definition) is 3. The number of benzene rings is 2. The van der Waals surface area contributed by atoms with Gasteiger partial charge in [0.05, 0.1) is 11.4 Å². The van der Waals surface area contributed by atoms with Gasteiger partial charge in [-0.1, -0.05) is 0 Å². The molecule has 0 aliphatic carbocycles. The van der Waals surface area contributed by atoms with E-state index in [2.05, 4.69) is 5.32 Å².